The van der Waals surface area contributed by atoms with Gasteiger partial charge in [-0.05, 0) is 35.9 Å². The quantitative estimate of drug-likeness (QED) is 0.623. The zero-order chi connectivity index (χ0) is 17.3. The van der Waals surface area contributed by atoms with Gasteiger partial charge in [-0.1, -0.05) is 48.2 Å². The summed E-state index contributed by atoms with van der Waals surface area (Å²) < 4.78 is 13.3. The number of carboxylic acids is 1. The third kappa shape index (κ3) is 3.08. The van der Waals surface area contributed by atoms with Gasteiger partial charge in [0.2, 0.25) is 0 Å². The van der Waals surface area contributed by atoms with Crippen molar-refractivity contribution in [1.82, 2.24) is 0 Å². The molecule has 0 radical (unpaired) electrons. The average Bonchev–Trinajstić information content (AvgIpc) is 2.83. The molecule has 3 rings (SSSR count). The SMILES string of the molecule is O=C([O-])c1ccccc1C=C1SC(=S)N(c2ccc(F)cc2)C1=O. The van der Waals surface area contributed by atoms with E-state index in [-0.39, 0.29) is 16.4 Å². The van der Waals surface area contributed by atoms with Gasteiger partial charge in [-0.15, -0.1) is 0 Å². The van der Waals surface area contributed by atoms with Crippen LogP contribution in [0.15, 0.2) is 53.4 Å². The van der Waals surface area contributed by atoms with Crippen molar-refractivity contribution >= 4 is 51.9 Å². The fraction of sp³-hybridized carbons (Fsp3) is 0. The molecular weight excluding hydrogens is 349 g/mol. The summed E-state index contributed by atoms with van der Waals surface area (Å²) in [6.07, 6.45) is 1.47. The van der Waals surface area contributed by atoms with Gasteiger partial charge in [0.1, 0.15) is 5.82 Å². The molecule has 0 aliphatic carbocycles. The van der Waals surface area contributed by atoms with E-state index in [1.165, 1.54) is 41.3 Å². The van der Waals surface area contributed by atoms with Crippen molar-refractivity contribution in [2.45, 2.75) is 0 Å². The van der Waals surface area contributed by atoms with Crippen LogP contribution in [-0.2, 0) is 4.79 Å². The summed E-state index contributed by atoms with van der Waals surface area (Å²) in [7, 11) is 0. The number of thiocarbonyl (C=S) groups is 1. The van der Waals surface area contributed by atoms with Crippen molar-refractivity contribution in [1.29, 1.82) is 0 Å². The maximum absolute atomic E-state index is 13.0. The molecule has 0 N–H and O–H groups in total. The standard InChI is InChI=1S/C17H10FNO3S2/c18-11-5-7-12(8-6-11)19-15(20)14(24-17(19)23)9-10-3-1-2-4-13(10)16(21)22/h1-9H,(H,21,22)/p-1. The highest BCUT2D eigenvalue weighted by Gasteiger charge is 2.33. The molecule has 0 bridgehead atoms. The van der Waals surface area contributed by atoms with Crippen LogP contribution in [0.25, 0.3) is 6.08 Å². The first-order valence-corrected chi connectivity index (χ1v) is 8.04. The van der Waals surface area contributed by atoms with Gasteiger partial charge in [0.25, 0.3) is 5.91 Å². The summed E-state index contributed by atoms with van der Waals surface area (Å²) in [6.45, 7) is 0. The Hall–Kier alpha value is -2.51. The molecule has 1 fully saturated rings. The lowest BCUT2D eigenvalue weighted by Crippen LogP contribution is -2.27. The zero-order valence-corrected chi connectivity index (χ0v) is 13.7. The average molecular weight is 358 g/mol. The molecule has 0 atom stereocenters. The number of carbonyl (C=O) groups is 2. The lowest BCUT2D eigenvalue weighted by Gasteiger charge is -2.14. The number of hydrogen-bond donors (Lipinski definition) is 0. The third-order valence-electron chi connectivity index (χ3n) is 3.35. The molecule has 0 unspecified atom stereocenters. The molecule has 2 aromatic carbocycles. The number of halogens is 1. The van der Waals surface area contributed by atoms with Gasteiger partial charge in [-0.2, -0.15) is 0 Å². The molecule has 120 valence electrons. The number of anilines is 1. The van der Waals surface area contributed by atoms with Crippen LogP contribution in [0.3, 0.4) is 0 Å². The lowest BCUT2D eigenvalue weighted by molar-refractivity contribution is -0.255. The minimum absolute atomic E-state index is 0.00968. The van der Waals surface area contributed by atoms with E-state index in [1.54, 1.807) is 18.2 Å². The van der Waals surface area contributed by atoms with Crippen LogP contribution < -0.4 is 10.0 Å². The smallest absolute Gasteiger partial charge is 0.270 e. The van der Waals surface area contributed by atoms with E-state index in [0.29, 0.717) is 15.6 Å². The molecule has 0 aromatic heterocycles. The minimum atomic E-state index is -1.32. The monoisotopic (exact) mass is 358 g/mol. The number of rotatable bonds is 3. The fourth-order valence-electron chi connectivity index (χ4n) is 2.23. The normalized spacial score (nSPS) is 16.0. The summed E-state index contributed by atoms with van der Waals surface area (Å²) in [6, 6.07) is 11.6. The summed E-state index contributed by atoms with van der Waals surface area (Å²) in [4.78, 5) is 25.3. The number of aromatic carboxylic acids is 1. The van der Waals surface area contributed by atoms with Crippen LogP contribution in [0.2, 0.25) is 0 Å². The van der Waals surface area contributed by atoms with Crippen molar-refractivity contribution in [3.05, 3.63) is 70.4 Å². The predicted molar refractivity (Wildman–Crippen MR) is 92.8 cm³/mol. The van der Waals surface area contributed by atoms with Gasteiger partial charge < -0.3 is 9.90 Å². The summed E-state index contributed by atoms with van der Waals surface area (Å²) in [5.41, 5.74) is 0.803. The minimum Gasteiger partial charge on any atom is -0.545 e. The van der Waals surface area contributed by atoms with Gasteiger partial charge in [0.15, 0.2) is 4.32 Å². The largest absolute Gasteiger partial charge is 0.545 e. The number of hydrogen-bond acceptors (Lipinski definition) is 5. The van der Waals surface area contributed by atoms with E-state index in [0.717, 1.165) is 11.8 Å². The number of benzene rings is 2. The third-order valence-corrected chi connectivity index (χ3v) is 4.65. The van der Waals surface area contributed by atoms with Gasteiger partial charge in [0.05, 0.1) is 16.6 Å². The highest BCUT2D eigenvalue weighted by Crippen LogP contribution is 2.36. The Morgan fingerprint density at radius 3 is 2.50 bits per heavy atom. The van der Waals surface area contributed by atoms with Crippen LogP contribution in [0.5, 0.6) is 0 Å². The van der Waals surface area contributed by atoms with Crippen molar-refractivity contribution in [2.24, 2.45) is 0 Å². The second-order valence-corrected chi connectivity index (χ2v) is 6.54. The van der Waals surface area contributed by atoms with Crippen LogP contribution in [0, 0.1) is 5.82 Å². The second kappa shape index (κ2) is 6.54. The molecule has 1 saturated heterocycles. The van der Waals surface area contributed by atoms with E-state index >= 15 is 0 Å². The van der Waals surface area contributed by atoms with Crippen LogP contribution in [0.4, 0.5) is 10.1 Å². The Balaban J connectivity index is 1.97. The van der Waals surface area contributed by atoms with E-state index in [4.69, 9.17) is 12.2 Å². The summed E-state index contributed by atoms with van der Waals surface area (Å²) in [5.74, 6) is -2.12. The van der Waals surface area contributed by atoms with Crippen molar-refractivity contribution in [2.75, 3.05) is 4.90 Å². The maximum Gasteiger partial charge on any atom is 0.270 e. The Morgan fingerprint density at radius 1 is 1.17 bits per heavy atom. The van der Waals surface area contributed by atoms with Gasteiger partial charge in [-0.25, -0.2) is 4.39 Å². The van der Waals surface area contributed by atoms with Gasteiger partial charge in [-0.3, -0.25) is 9.69 Å². The second-order valence-electron chi connectivity index (χ2n) is 4.87. The molecule has 1 heterocycles. The van der Waals surface area contributed by atoms with E-state index < -0.39 is 11.8 Å². The Morgan fingerprint density at radius 2 is 1.83 bits per heavy atom. The van der Waals surface area contributed by atoms with Crippen LogP contribution in [-0.4, -0.2) is 16.2 Å². The number of amides is 1. The summed E-state index contributed by atoms with van der Waals surface area (Å²) >= 11 is 6.27. The first-order valence-electron chi connectivity index (χ1n) is 6.81. The molecule has 0 spiro atoms. The first kappa shape index (κ1) is 16.4. The molecule has 0 saturated carbocycles. The molecule has 4 nitrogen and oxygen atoms in total. The summed E-state index contributed by atoms with van der Waals surface area (Å²) in [5, 5.41) is 11.2. The Labute approximate surface area is 146 Å². The number of thioether (sulfide) groups is 1. The first-order chi connectivity index (χ1) is 11.5. The Bertz CT molecular complexity index is 878. The molecule has 1 aliphatic heterocycles. The van der Waals surface area contributed by atoms with E-state index in [1.807, 2.05) is 0 Å². The number of nitrogens with zero attached hydrogens (tertiary/aromatic N) is 1. The fourth-order valence-corrected chi connectivity index (χ4v) is 3.52. The molecule has 2 aromatic rings. The Kier molecular flexibility index (Phi) is 4.46. The van der Waals surface area contributed by atoms with Crippen molar-refractivity contribution in [3.63, 3.8) is 0 Å². The molecule has 7 heteroatoms. The number of carboxylic acid groups (broad SMARTS) is 1. The molecule has 24 heavy (non-hydrogen) atoms. The maximum atomic E-state index is 13.0. The van der Waals surface area contributed by atoms with E-state index in [2.05, 4.69) is 0 Å². The van der Waals surface area contributed by atoms with Crippen LogP contribution in [0.1, 0.15) is 15.9 Å². The highest BCUT2D eigenvalue weighted by molar-refractivity contribution is 8.27. The van der Waals surface area contributed by atoms with Crippen LogP contribution >= 0.6 is 24.0 Å². The highest BCUT2D eigenvalue weighted by atomic mass is 32.2. The molecule has 1 aliphatic rings. The van der Waals surface area contributed by atoms with E-state index in [9.17, 15) is 19.1 Å². The predicted octanol–water partition coefficient (Wildman–Crippen LogP) is 2.60. The zero-order valence-electron chi connectivity index (χ0n) is 12.1. The lowest BCUT2D eigenvalue weighted by atomic mass is 10.1. The number of carbonyl (C=O) groups excluding carboxylic acids is 2. The van der Waals surface area contributed by atoms with Gasteiger partial charge >= 0.3 is 0 Å². The van der Waals surface area contributed by atoms with Crippen molar-refractivity contribution in [3.8, 4) is 0 Å². The topological polar surface area (TPSA) is 60.4 Å². The molecule has 1 amide bonds. The van der Waals surface area contributed by atoms with Gasteiger partial charge in [0, 0.05) is 5.56 Å². The van der Waals surface area contributed by atoms with Crippen molar-refractivity contribution < 1.29 is 19.1 Å². The molecular formula is C17H9FNO3S2-.